The van der Waals surface area contributed by atoms with Gasteiger partial charge in [0.2, 0.25) is 17.7 Å². The molecule has 0 spiro atoms. The molecule has 5 fully saturated rings. The molecular weight excluding hydrogens is 540 g/mol. The minimum atomic E-state index is -1.02. The first kappa shape index (κ1) is 32.1. The van der Waals surface area contributed by atoms with Crippen LogP contribution in [0.3, 0.4) is 0 Å². The number of rotatable bonds is 9. The summed E-state index contributed by atoms with van der Waals surface area (Å²) in [7, 11) is 1.25. The minimum Gasteiger partial charge on any atom is -0.467 e. The first-order valence-electron chi connectivity index (χ1n) is 15.5. The predicted octanol–water partition coefficient (Wildman–Crippen LogP) is 3.20. The van der Waals surface area contributed by atoms with Crippen molar-refractivity contribution >= 4 is 29.8 Å². The van der Waals surface area contributed by atoms with Crippen molar-refractivity contribution in [3.8, 4) is 0 Å². The fourth-order valence-electron chi connectivity index (χ4n) is 8.95. The molecule has 0 radical (unpaired) electrons. The maximum atomic E-state index is 13.4. The number of amides is 4. The van der Waals surface area contributed by atoms with E-state index in [1.807, 2.05) is 0 Å². The van der Waals surface area contributed by atoms with E-state index in [9.17, 15) is 24.0 Å². The van der Waals surface area contributed by atoms with Crippen molar-refractivity contribution in [1.29, 1.82) is 0 Å². The summed E-state index contributed by atoms with van der Waals surface area (Å²) in [6.07, 6.45) is 8.02. The lowest BCUT2D eigenvalue weighted by molar-refractivity contribution is -0.148. The molecule has 5 rings (SSSR count). The first-order valence-corrected chi connectivity index (χ1v) is 15.5. The molecule has 11 heteroatoms. The Morgan fingerprint density at radius 1 is 0.976 bits per heavy atom. The van der Waals surface area contributed by atoms with Crippen LogP contribution >= 0.6 is 0 Å². The van der Waals surface area contributed by atoms with E-state index >= 15 is 0 Å². The number of methoxy groups -OCH3 is 1. The Morgan fingerprint density at radius 3 is 2.24 bits per heavy atom. The maximum absolute atomic E-state index is 13.4. The highest BCUT2D eigenvalue weighted by atomic mass is 16.6. The van der Waals surface area contributed by atoms with E-state index in [1.54, 1.807) is 20.8 Å². The van der Waals surface area contributed by atoms with Crippen LogP contribution in [0.25, 0.3) is 0 Å². The Hall–Kier alpha value is -2.85. The highest BCUT2D eigenvalue weighted by Gasteiger charge is 2.60. The molecule has 4 saturated carbocycles. The summed E-state index contributed by atoms with van der Waals surface area (Å²) in [6, 6.07) is -1.81. The zero-order chi connectivity index (χ0) is 30.9. The number of likely N-dealkylation sites (tertiary alicyclic amines) is 1. The normalized spacial score (nSPS) is 32.5. The highest BCUT2D eigenvalue weighted by Crippen LogP contribution is 2.66. The Kier molecular flexibility index (Phi) is 9.19. The van der Waals surface area contributed by atoms with Gasteiger partial charge >= 0.3 is 12.1 Å². The number of piperidine rings is 1. The number of carbonyl (C=O) groups excluding carboxylic acids is 5. The summed E-state index contributed by atoms with van der Waals surface area (Å²) in [5.41, 5.74) is -0.377. The fourth-order valence-corrected chi connectivity index (χ4v) is 8.95. The van der Waals surface area contributed by atoms with Gasteiger partial charge in [-0.2, -0.15) is 0 Å². The van der Waals surface area contributed by atoms with E-state index in [-0.39, 0.29) is 41.7 Å². The van der Waals surface area contributed by atoms with Crippen LogP contribution in [0.15, 0.2) is 0 Å². The smallest absolute Gasteiger partial charge is 0.408 e. The van der Waals surface area contributed by atoms with Crippen molar-refractivity contribution in [1.82, 2.24) is 20.9 Å². The van der Waals surface area contributed by atoms with Crippen LogP contribution in [0.5, 0.6) is 0 Å². The maximum Gasteiger partial charge on any atom is 0.408 e. The number of carbonyl (C=O) groups is 5. The van der Waals surface area contributed by atoms with Gasteiger partial charge in [0.1, 0.15) is 24.2 Å². The average molecular weight is 591 g/mol. The van der Waals surface area contributed by atoms with Gasteiger partial charge in [-0.25, -0.2) is 9.59 Å². The Labute approximate surface area is 249 Å². The summed E-state index contributed by atoms with van der Waals surface area (Å²) in [5.74, 6) is -0.994. The second-order valence-corrected chi connectivity index (χ2v) is 15.0. The van der Waals surface area contributed by atoms with E-state index in [2.05, 4.69) is 29.8 Å². The lowest BCUT2D eigenvalue weighted by Gasteiger charge is -2.65. The Bertz CT molecular complexity index is 1070. The van der Waals surface area contributed by atoms with Gasteiger partial charge in [-0.15, -0.1) is 0 Å². The highest BCUT2D eigenvalue weighted by molar-refractivity contribution is 5.92. The monoisotopic (exact) mass is 590 g/mol. The molecule has 4 bridgehead atoms. The molecule has 4 atom stereocenters. The van der Waals surface area contributed by atoms with Crippen molar-refractivity contribution in [2.24, 2.45) is 16.7 Å². The second-order valence-electron chi connectivity index (χ2n) is 15.0. The number of nitrogens with zero attached hydrogens (tertiary/aromatic N) is 1. The third-order valence-electron chi connectivity index (χ3n) is 9.40. The number of hydrogen-bond donors (Lipinski definition) is 3. The molecule has 42 heavy (non-hydrogen) atoms. The molecule has 2 unspecified atom stereocenters. The van der Waals surface area contributed by atoms with Crippen LogP contribution in [0, 0.1) is 16.7 Å². The molecule has 1 heterocycles. The SMILES string of the molecule is COC(=O)[C@H](CCC(=O)NC12CC3CC(C)(CC(C)(C3)C1)C2)NC(=O)[C@@H]1CCCCN1C(=O)CNC(=O)OC(C)(C)C. The van der Waals surface area contributed by atoms with E-state index < -0.39 is 41.6 Å². The summed E-state index contributed by atoms with van der Waals surface area (Å²) in [6.45, 7) is 9.94. The number of esters is 1. The Balaban J connectivity index is 1.33. The fraction of sp³-hybridized carbons (Fsp3) is 0.839. The minimum absolute atomic E-state index is 0.0764. The second kappa shape index (κ2) is 12.0. The zero-order valence-electron chi connectivity index (χ0n) is 26.2. The van der Waals surface area contributed by atoms with Gasteiger partial charge < -0.3 is 30.3 Å². The molecule has 0 aromatic carbocycles. The van der Waals surface area contributed by atoms with Gasteiger partial charge in [0.05, 0.1) is 7.11 Å². The summed E-state index contributed by atoms with van der Waals surface area (Å²) in [5, 5.41) is 8.56. The van der Waals surface area contributed by atoms with E-state index in [4.69, 9.17) is 9.47 Å². The van der Waals surface area contributed by atoms with E-state index in [0.29, 0.717) is 18.9 Å². The molecule has 0 aromatic heterocycles. The molecule has 5 aliphatic rings. The number of hydrogen-bond acceptors (Lipinski definition) is 7. The first-order chi connectivity index (χ1) is 19.5. The van der Waals surface area contributed by atoms with Gasteiger partial charge in [-0.3, -0.25) is 14.4 Å². The molecule has 4 aliphatic carbocycles. The van der Waals surface area contributed by atoms with Crippen molar-refractivity contribution in [2.45, 2.75) is 128 Å². The molecule has 236 valence electrons. The summed E-state index contributed by atoms with van der Waals surface area (Å²) < 4.78 is 10.1. The van der Waals surface area contributed by atoms with Crippen molar-refractivity contribution < 1.29 is 33.4 Å². The topological polar surface area (TPSA) is 143 Å². The molecule has 1 saturated heterocycles. The summed E-state index contributed by atoms with van der Waals surface area (Å²) >= 11 is 0. The Morgan fingerprint density at radius 2 is 1.64 bits per heavy atom. The van der Waals surface area contributed by atoms with Gasteiger partial charge in [-0.05, 0) is 102 Å². The third kappa shape index (κ3) is 7.75. The van der Waals surface area contributed by atoms with Crippen LogP contribution in [-0.2, 0) is 28.7 Å². The largest absolute Gasteiger partial charge is 0.467 e. The zero-order valence-corrected chi connectivity index (χ0v) is 26.2. The van der Waals surface area contributed by atoms with Crippen LogP contribution in [-0.4, -0.2) is 78.1 Å². The molecule has 4 amide bonds. The van der Waals surface area contributed by atoms with Crippen LogP contribution in [0.4, 0.5) is 4.79 Å². The lowest BCUT2D eigenvalue weighted by Crippen LogP contribution is -2.65. The van der Waals surface area contributed by atoms with Gasteiger partial charge in [0, 0.05) is 18.5 Å². The lowest BCUT2D eigenvalue weighted by atomic mass is 9.43. The van der Waals surface area contributed by atoms with E-state index in [0.717, 1.165) is 32.1 Å². The van der Waals surface area contributed by atoms with Gasteiger partial charge in [0.25, 0.3) is 0 Å². The van der Waals surface area contributed by atoms with Crippen LogP contribution in [0.1, 0.15) is 105 Å². The number of alkyl carbamates (subject to hydrolysis) is 1. The van der Waals surface area contributed by atoms with Gasteiger partial charge in [0.15, 0.2) is 0 Å². The van der Waals surface area contributed by atoms with Crippen molar-refractivity contribution in [3.05, 3.63) is 0 Å². The van der Waals surface area contributed by atoms with Crippen LogP contribution in [0.2, 0.25) is 0 Å². The average Bonchev–Trinajstić information content (AvgIpc) is 2.85. The standard InChI is InChI=1S/C31H50N4O7/c1-28(2,3)42-27(40)32-16-24(37)35-12-8-7-9-22(35)25(38)33-21(26(39)41-6)10-11-23(36)34-31-15-20-13-29(4,18-31)17-30(5,14-20)19-31/h20-22H,7-19H2,1-6H3,(H,32,40)(H,33,38)(H,34,36)/t20?,21-,22-,29?,30?,31?/m0/s1. The molecule has 11 nitrogen and oxygen atoms in total. The molecule has 0 aromatic rings. The van der Waals surface area contributed by atoms with Gasteiger partial charge in [-0.1, -0.05) is 13.8 Å². The van der Waals surface area contributed by atoms with E-state index in [1.165, 1.54) is 31.3 Å². The van der Waals surface area contributed by atoms with Crippen LogP contribution < -0.4 is 16.0 Å². The summed E-state index contributed by atoms with van der Waals surface area (Å²) in [4.78, 5) is 65.6. The molecule has 3 N–H and O–H groups in total. The third-order valence-corrected chi connectivity index (χ3v) is 9.40. The molecular formula is C31H50N4O7. The van der Waals surface area contributed by atoms with Crippen molar-refractivity contribution in [2.75, 3.05) is 20.2 Å². The quantitative estimate of drug-likeness (QED) is 0.350. The molecule has 1 aliphatic heterocycles. The predicted molar refractivity (Wildman–Crippen MR) is 155 cm³/mol. The number of ether oxygens (including phenoxy) is 2. The number of nitrogens with one attached hydrogen (secondary N) is 3. The van der Waals surface area contributed by atoms with Crippen molar-refractivity contribution in [3.63, 3.8) is 0 Å².